The average molecular weight is 269 g/mol. The van der Waals surface area contributed by atoms with Crippen LogP contribution in [0, 0.1) is 6.92 Å². The molecule has 1 atom stereocenters. The first kappa shape index (κ1) is 15.4. The van der Waals surface area contributed by atoms with Crippen molar-refractivity contribution in [3.05, 3.63) is 10.6 Å². The monoisotopic (exact) mass is 269 g/mol. The molecule has 0 bridgehead atoms. The molecule has 0 radical (unpaired) electrons. The fourth-order valence-corrected chi connectivity index (χ4v) is 3.05. The first-order valence-corrected chi connectivity index (χ1v) is 7.59. The molecule has 104 valence electrons. The summed E-state index contributed by atoms with van der Waals surface area (Å²) in [7, 11) is 2.14. The Labute approximate surface area is 116 Å². The van der Waals surface area contributed by atoms with Crippen molar-refractivity contribution in [3.8, 4) is 0 Å². The topological polar surface area (TPSA) is 28.2 Å². The van der Waals surface area contributed by atoms with E-state index < -0.39 is 0 Å². The maximum absolute atomic E-state index is 4.73. The van der Waals surface area contributed by atoms with Crippen molar-refractivity contribution < 1.29 is 0 Å². The van der Waals surface area contributed by atoms with Crippen LogP contribution in [0.3, 0.4) is 0 Å². The molecule has 1 aromatic heterocycles. The van der Waals surface area contributed by atoms with E-state index in [1.165, 1.54) is 4.88 Å². The SMILES string of the molecule is CCNC(C)c1sc(N(C)C(C)(C)CC)nc1C. The highest BCUT2D eigenvalue weighted by Crippen LogP contribution is 2.33. The summed E-state index contributed by atoms with van der Waals surface area (Å²) < 4.78 is 0. The highest BCUT2D eigenvalue weighted by Gasteiger charge is 2.25. The molecule has 0 aliphatic carbocycles. The predicted molar refractivity (Wildman–Crippen MR) is 81.7 cm³/mol. The van der Waals surface area contributed by atoms with Crippen LogP contribution < -0.4 is 10.2 Å². The van der Waals surface area contributed by atoms with E-state index in [-0.39, 0.29) is 5.54 Å². The number of hydrogen-bond donors (Lipinski definition) is 1. The zero-order valence-corrected chi connectivity index (χ0v) is 13.6. The summed E-state index contributed by atoms with van der Waals surface area (Å²) in [6.07, 6.45) is 1.11. The number of thiazole rings is 1. The van der Waals surface area contributed by atoms with Gasteiger partial charge in [-0.1, -0.05) is 13.8 Å². The van der Waals surface area contributed by atoms with Gasteiger partial charge < -0.3 is 10.2 Å². The Balaban J connectivity index is 2.97. The van der Waals surface area contributed by atoms with Crippen LogP contribution in [0.15, 0.2) is 0 Å². The van der Waals surface area contributed by atoms with Crippen LogP contribution in [-0.2, 0) is 0 Å². The highest BCUT2D eigenvalue weighted by molar-refractivity contribution is 7.15. The Morgan fingerprint density at radius 3 is 2.50 bits per heavy atom. The molecule has 1 rings (SSSR count). The van der Waals surface area contributed by atoms with Crippen molar-refractivity contribution >= 4 is 16.5 Å². The normalized spacial score (nSPS) is 13.7. The summed E-state index contributed by atoms with van der Waals surface area (Å²) in [5.41, 5.74) is 1.31. The van der Waals surface area contributed by atoms with Gasteiger partial charge in [-0.15, -0.1) is 11.3 Å². The fraction of sp³-hybridized carbons (Fsp3) is 0.786. The molecule has 1 N–H and O–H groups in total. The Bertz CT molecular complexity index is 384. The minimum atomic E-state index is 0.156. The number of aromatic nitrogens is 1. The second-order valence-corrected chi connectivity index (χ2v) is 6.46. The lowest BCUT2D eigenvalue weighted by Crippen LogP contribution is -2.40. The number of rotatable bonds is 6. The molecule has 18 heavy (non-hydrogen) atoms. The van der Waals surface area contributed by atoms with Gasteiger partial charge in [0.15, 0.2) is 5.13 Å². The van der Waals surface area contributed by atoms with Gasteiger partial charge >= 0.3 is 0 Å². The molecule has 0 aliphatic rings. The smallest absolute Gasteiger partial charge is 0.186 e. The molecule has 4 heteroatoms. The first-order valence-electron chi connectivity index (χ1n) is 6.78. The van der Waals surface area contributed by atoms with Gasteiger partial charge in [-0.25, -0.2) is 4.98 Å². The molecule has 0 saturated heterocycles. The van der Waals surface area contributed by atoms with Crippen LogP contribution in [0.4, 0.5) is 5.13 Å². The minimum Gasteiger partial charge on any atom is -0.346 e. The maximum atomic E-state index is 4.73. The third kappa shape index (κ3) is 3.23. The Kier molecular flexibility index (Phi) is 5.17. The second kappa shape index (κ2) is 6.02. The standard InChI is InChI=1S/C14H27N3S/c1-8-14(5,6)17(7)13-16-11(4)12(18-13)10(3)15-9-2/h10,15H,8-9H2,1-7H3. The third-order valence-corrected chi connectivity index (χ3v) is 5.20. The van der Waals surface area contributed by atoms with Gasteiger partial charge in [0.1, 0.15) is 0 Å². The van der Waals surface area contributed by atoms with Crippen LogP contribution in [0.2, 0.25) is 0 Å². The van der Waals surface area contributed by atoms with Crippen molar-refractivity contribution in [2.75, 3.05) is 18.5 Å². The second-order valence-electron chi connectivity index (χ2n) is 5.45. The molecule has 0 amide bonds. The predicted octanol–water partition coefficient (Wildman–Crippen LogP) is 3.75. The summed E-state index contributed by atoms with van der Waals surface area (Å²) in [5.74, 6) is 0. The molecular weight excluding hydrogens is 242 g/mol. The summed E-state index contributed by atoms with van der Waals surface area (Å²) in [6, 6.07) is 0.388. The van der Waals surface area contributed by atoms with Crippen molar-refractivity contribution in [2.45, 2.75) is 59.5 Å². The first-order chi connectivity index (χ1) is 8.33. The molecular formula is C14H27N3S. The van der Waals surface area contributed by atoms with Gasteiger partial charge in [0.25, 0.3) is 0 Å². The zero-order chi connectivity index (χ0) is 13.9. The van der Waals surface area contributed by atoms with Gasteiger partial charge in [-0.2, -0.15) is 0 Å². The van der Waals surface area contributed by atoms with E-state index >= 15 is 0 Å². The van der Waals surface area contributed by atoms with Gasteiger partial charge in [0.05, 0.1) is 5.69 Å². The van der Waals surface area contributed by atoms with E-state index in [0.717, 1.165) is 23.8 Å². The summed E-state index contributed by atoms with van der Waals surface area (Å²) in [5, 5.41) is 4.58. The van der Waals surface area contributed by atoms with Crippen molar-refractivity contribution in [2.24, 2.45) is 0 Å². The Hall–Kier alpha value is -0.610. The molecule has 0 aromatic carbocycles. The lowest BCUT2D eigenvalue weighted by molar-refractivity contribution is 0.470. The Morgan fingerprint density at radius 1 is 1.39 bits per heavy atom. The van der Waals surface area contributed by atoms with Gasteiger partial charge in [-0.3, -0.25) is 0 Å². The van der Waals surface area contributed by atoms with Crippen molar-refractivity contribution in [1.29, 1.82) is 0 Å². The Morgan fingerprint density at radius 2 is 2.00 bits per heavy atom. The molecule has 0 aliphatic heterocycles. The maximum Gasteiger partial charge on any atom is 0.186 e. The van der Waals surface area contributed by atoms with E-state index in [1.54, 1.807) is 0 Å². The largest absolute Gasteiger partial charge is 0.346 e. The molecule has 1 unspecified atom stereocenters. The lowest BCUT2D eigenvalue weighted by atomic mass is 10.0. The number of anilines is 1. The van der Waals surface area contributed by atoms with Crippen LogP contribution in [-0.4, -0.2) is 24.1 Å². The van der Waals surface area contributed by atoms with E-state index in [2.05, 4.69) is 58.8 Å². The summed E-state index contributed by atoms with van der Waals surface area (Å²) in [4.78, 5) is 8.38. The van der Waals surface area contributed by atoms with Gasteiger partial charge in [-0.05, 0) is 40.7 Å². The number of nitrogens with zero attached hydrogens (tertiary/aromatic N) is 2. The van der Waals surface area contributed by atoms with Crippen molar-refractivity contribution in [1.82, 2.24) is 10.3 Å². The lowest BCUT2D eigenvalue weighted by Gasteiger charge is -2.34. The van der Waals surface area contributed by atoms with Crippen LogP contribution in [0.1, 0.15) is 57.7 Å². The number of hydrogen-bond acceptors (Lipinski definition) is 4. The van der Waals surface area contributed by atoms with E-state index in [9.17, 15) is 0 Å². The summed E-state index contributed by atoms with van der Waals surface area (Å²) in [6.45, 7) is 14.2. The number of nitrogens with one attached hydrogen (secondary N) is 1. The van der Waals surface area contributed by atoms with E-state index in [0.29, 0.717) is 6.04 Å². The van der Waals surface area contributed by atoms with Gasteiger partial charge in [0.2, 0.25) is 0 Å². The van der Waals surface area contributed by atoms with Crippen molar-refractivity contribution in [3.63, 3.8) is 0 Å². The molecule has 1 heterocycles. The number of aryl methyl sites for hydroxylation is 1. The highest BCUT2D eigenvalue weighted by atomic mass is 32.1. The third-order valence-electron chi connectivity index (χ3n) is 3.78. The van der Waals surface area contributed by atoms with Crippen LogP contribution in [0.25, 0.3) is 0 Å². The molecule has 0 saturated carbocycles. The zero-order valence-electron chi connectivity index (χ0n) is 12.8. The molecule has 1 aromatic rings. The minimum absolute atomic E-state index is 0.156. The fourth-order valence-electron chi connectivity index (χ4n) is 1.83. The molecule has 0 fully saturated rings. The average Bonchev–Trinajstić information content (AvgIpc) is 2.70. The van der Waals surface area contributed by atoms with Gasteiger partial charge in [0, 0.05) is 23.5 Å². The van der Waals surface area contributed by atoms with Crippen LogP contribution >= 0.6 is 11.3 Å². The summed E-state index contributed by atoms with van der Waals surface area (Å²) >= 11 is 1.81. The quantitative estimate of drug-likeness (QED) is 0.852. The molecule has 3 nitrogen and oxygen atoms in total. The van der Waals surface area contributed by atoms with E-state index in [1.807, 2.05) is 11.3 Å². The van der Waals surface area contributed by atoms with Crippen LogP contribution in [0.5, 0.6) is 0 Å². The molecule has 0 spiro atoms. The van der Waals surface area contributed by atoms with E-state index in [4.69, 9.17) is 4.98 Å².